The Morgan fingerprint density at radius 3 is 2.84 bits per heavy atom. The van der Waals surface area contributed by atoms with Crippen molar-refractivity contribution < 1.29 is 9.18 Å². The Balaban J connectivity index is 1.75. The van der Waals surface area contributed by atoms with E-state index >= 15 is 0 Å². The third-order valence-electron chi connectivity index (χ3n) is 6.75. The van der Waals surface area contributed by atoms with Gasteiger partial charge in [0.1, 0.15) is 5.82 Å². The van der Waals surface area contributed by atoms with Gasteiger partial charge in [0, 0.05) is 35.0 Å². The van der Waals surface area contributed by atoms with E-state index in [0.29, 0.717) is 18.4 Å². The number of azo groups is 1. The van der Waals surface area contributed by atoms with Crippen LogP contribution >= 0.6 is 0 Å². The molecule has 158 valence electrons. The molecule has 6 heteroatoms. The fourth-order valence-electron chi connectivity index (χ4n) is 5.45. The quantitative estimate of drug-likeness (QED) is 0.723. The number of hydrogen-bond acceptors (Lipinski definition) is 5. The first-order chi connectivity index (χ1) is 14.9. The molecule has 5 nitrogen and oxygen atoms in total. The average Bonchev–Trinajstić information content (AvgIpc) is 3.20. The summed E-state index contributed by atoms with van der Waals surface area (Å²) in [6.07, 6.45) is 6.30. The number of nitrogens with zero attached hydrogens (tertiary/aromatic N) is 3. The number of aromatic nitrogens is 1. The molecule has 2 aromatic rings. The predicted molar refractivity (Wildman–Crippen MR) is 117 cm³/mol. The molecule has 2 atom stereocenters. The number of allylic oxidation sites excluding steroid dienone is 2. The maximum atomic E-state index is 14.5. The van der Waals surface area contributed by atoms with Gasteiger partial charge in [0.15, 0.2) is 11.9 Å². The zero-order chi connectivity index (χ0) is 21.8. The minimum absolute atomic E-state index is 0.110. The number of hydrogen-bond donors (Lipinski definition) is 1. The van der Waals surface area contributed by atoms with Crippen molar-refractivity contribution in [2.24, 2.45) is 15.6 Å². The predicted octanol–water partition coefficient (Wildman–Crippen LogP) is 5.46. The van der Waals surface area contributed by atoms with E-state index in [-0.39, 0.29) is 23.2 Å². The van der Waals surface area contributed by atoms with Crippen molar-refractivity contribution in [2.45, 2.75) is 51.6 Å². The van der Waals surface area contributed by atoms with Crippen LogP contribution in [-0.4, -0.2) is 16.9 Å². The van der Waals surface area contributed by atoms with Crippen LogP contribution in [0.3, 0.4) is 0 Å². The van der Waals surface area contributed by atoms with Gasteiger partial charge in [-0.1, -0.05) is 39.0 Å². The lowest BCUT2D eigenvalue weighted by atomic mass is 9.58. The van der Waals surface area contributed by atoms with E-state index in [2.05, 4.69) is 41.3 Å². The molecule has 5 rings (SSSR count). The van der Waals surface area contributed by atoms with Crippen molar-refractivity contribution in [1.82, 2.24) is 10.3 Å². The summed E-state index contributed by atoms with van der Waals surface area (Å²) < 4.78 is 14.5. The van der Waals surface area contributed by atoms with Gasteiger partial charge in [-0.3, -0.25) is 9.78 Å². The Morgan fingerprint density at radius 2 is 2.06 bits per heavy atom. The van der Waals surface area contributed by atoms with Crippen LogP contribution < -0.4 is 5.32 Å². The largest absolute Gasteiger partial charge is 0.362 e. The Bertz CT molecular complexity index is 1180. The van der Waals surface area contributed by atoms with E-state index in [4.69, 9.17) is 0 Å². The van der Waals surface area contributed by atoms with Crippen molar-refractivity contribution in [1.29, 1.82) is 0 Å². The summed E-state index contributed by atoms with van der Waals surface area (Å²) >= 11 is 0. The second-order valence-electron chi connectivity index (χ2n) is 9.35. The summed E-state index contributed by atoms with van der Waals surface area (Å²) in [6.45, 7) is 6.34. The van der Waals surface area contributed by atoms with Gasteiger partial charge in [-0.25, -0.2) is 4.39 Å². The van der Waals surface area contributed by atoms with Gasteiger partial charge in [0.25, 0.3) is 0 Å². The molecule has 1 N–H and O–H groups in total. The summed E-state index contributed by atoms with van der Waals surface area (Å²) in [4.78, 5) is 17.4. The number of rotatable bonds is 3. The molecule has 2 aliphatic heterocycles. The number of pyridine rings is 1. The minimum atomic E-state index is -0.637. The average molecular weight is 417 g/mol. The number of Topliss-reactive ketones (excluding diaryl/α,β-unsaturated/α-hetero) is 1. The molecular weight excluding hydrogens is 391 g/mol. The molecule has 0 bridgehead atoms. The molecule has 3 heterocycles. The van der Waals surface area contributed by atoms with Gasteiger partial charge < -0.3 is 5.32 Å². The molecule has 0 spiro atoms. The Morgan fingerprint density at radius 1 is 1.23 bits per heavy atom. The van der Waals surface area contributed by atoms with Crippen LogP contribution in [0.4, 0.5) is 4.39 Å². The Labute approximate surface area is 181 Å². The second-order valence-corrected chi connectivity index (χ2v) is 9.35. The van der Waals surface area contributed by atoms with E-state index in [0.717, 1.165) is 34.4 Å². The van der Waals surface area contributed by atoms with Gasteiger partial charge in [-0.15, -0.1) is 0 Å². The lowest BCUT2D eigenvalue weighted by molar-refractivity contribution is -0.119. The van der Waals surface area contributed by atoms with Crippen molar-refractivity contribution in [3.63, 3.8) is 0 Å². The normalized spacial score (nSPS) is 26.3. The molecule has 3 aliphatic rings. The summed E-state index contributed by atoms with van der Waals surface area (Å²) in [7, 11) is 0. The van der Waals surface area contributed by atoms with Crippen LogP contribution in [0.15, 0.2) is 76.0 Å². The smallest absolute Gasteiger partial charge is 0.164 e. The highest BCUT2D eigenvalue weighted by Crippen LogP contribution is 2.54. The Kier molecular flexibility index (Phi) is 4.43. The molecule has 0 amide bonds. The van der Waals surface area contributed by atoms with Gasteiger partial charge in [-0.2, -0.15) is 10.2 Å². The zero-order valence-electron chi connectivity index (χ0n) is 17.9. The van der Waals surface area contributed by atoms with Crippen molar-refractivity contribution in [3.8, 4) is 11.1 Å². The van der Waals surface area contributed by atoms with Crippen LogP contribution in [0.2, 0.25) is 0 Å². The molecule has 1 aromatic carbocycles. The number of fused-ring (bicyclic) bond motifs is 1. The summed E-state index contributed by atoms with van der Waals surface area (Å²) in [6, 6.07) is 9.53. The monoisotopic (exact) mass is 416 g/mol. The Hall–Kier alpha value is -3.15. The third-order valence-corrected chi connectivity index (χ3v) is 6.75. The van der Waals surface area contributed by atoms with E-state index in [1.807, 2.05) is 24.3 Å². The molecule has 0 radical (unpaired) electrons. The van der Waals surface area contributed by atoms with Gasteiger partial charge in [0.05, 0.1) is 17.8 Å². The van der Waals surface area contributed by atoms with Crippen molar-refractivity contribution >= 4 is 5.78 Å². The van der Waals surface area contributed by atoms with Crippen LogP contribution in [0.1, 0.15) is 45.6 Å². The molecule has 31 heavy (non-hydrogen) atoms. The number of carbonyl (C=O) groups is 1. The van der Waals surface area contributed by atoms with Crippen LogP contribution in [-0.2, 0) is 10.2 Å². The third kappa shape index (κ3) is 2.96. The maximum absolute atomic E-state index is 14.5. The number of carbonyl (C=O) groups excluding carboxylic acids is 1. The number of ketones is 1. The molecular formula is C25H25FN4O. The van der Waals surface area contributed by atoms with Crippen molar-refractivity contribution in [2.75, 3.05) is 0 Å². The summed E-state index contributed by atoms with van der Waals surface area (Å²) in [5.74, 6) is -0.207. The molecule has 0 saturated carbocycles. The summed E-state index contributed by atoms with van der Waals surface area (Å²) in [5, 5.41) is 12.1. The summed E-state index contributed by atoms with van der Waals surface area (Å²) in [5.41, 5.74) is 4.24. The highest BCUT2D eigenvalue weighted by atomic mass is 19.1. The van der Waals surface area contributed by atoms with Crippen LogP contribution in [0, 0.1) is 11.2 Å². The number of nitrogens with one attached hydrogen (secondary N) is 1. The van der Waals surface area contributed by atoms with Gasteiger partial charge >= 0.3 is 0 Å². The lowest BCUT2D eigenvalue weighted by Gasteiger charge is -2.47. The highest BCUT2D eigenvalue weighted by Gasteiger charge is 2.52. The fourth-order valence-corrected chi connectivity index (χ4v) is 5.45. The second kappa shape index (κ2) is 6.94. The lowest BCUT2D eigenvalue weighted by Crippen LogP contribution is -2.51. The first kappa shape index (κ1) is 19.8. The fraction of sp³-hybridized carbons (Fsp3) is 0.360. The number of halogens is 1. The van der Waals surface area contributed by atoms with E-state index in [9.17, 15) is 9.18 Å². The first-order valence-corrected chi connectivity index (χ1v) is 10.7. The maximum Gasteiger partial charge on any atom is 0.164 e. The molecule has 1 unspecified atom stereocenters. The molecule has 1 aliphatic carbocycles. The molecule has 0 saturated heterocycles. The molecule has 1 aromatic heterocycles. The topological polar surface area (TPSA) is 66.7 Å². The van der Waals surface area contributed by atoms with E-state index in [1.54, 1.807) is 18.5 Å². The van der Waals surface area contributed by atoms with Crippen LogP contribution in [0.5, 0.6) is 0 Å². The zero-order valence-corrected chi connectivity index (χ0v) is 17.9. The highest BCUT2D eigenvalue weighted by molar-refractivity contribution is 6.01. The van der Waals surface area contributed by atoms with Crippen LogP contribution in [0.25, 0.3) is 11.1 Å². The SMILES string of the molecule is CC[C@]1(c2cccc(-c3ccncc3F)c2)C2=CN=NC2NC2=C1C(=O)CC(C)(C)C2. The van der Waals surface area contributed by atoms with Gasteiger partial charge in [0.2, 0.25) is 0 Å². The standard InChI is InChI=1S/C25H25FN4O/c1-4-25(16-7-5-6-15(10-16)17-8-9-27-14-19(17)26)18-13-28-30-23(18)29-20-11-24(2,3)12-21(31)22(20)25/h5-10,13-14,23,29H,4,11-12H2,1-3H3/t23?,25-/m0/s1. The first-order valence-electron chi connectivity index (χ1n) is 10.7. The van der Waals surface area contributed by atoms with E-state index < -0.39 is 5.41 Å². The van der Waals surface area contributed by atoms with E-state index in [1.165, 1.54) is 6.20 Å². The van der Waals surface area contributed by atoms with Gasteiger partial charge in [-0.05, 0) is 41.5 Å². The van der Waals surface area contributed by atoms with Crippen molar-refractivity contribution in [3.05, 3.63) is 77.1 Å². The molecule has 0 fully saturated rings. The number of benzene rings is 1. The minimum Gasteiger partial charge on any atom is -0.362 e.